The molecule has 1 aliphatic rings. The zero-order valence-electron chi connectivity index (χ0n) is 15.1. The highest BCUT2D eigenvalue weighted by molar-refractivity contribution is 6.04. The average Bonchev–Trinajstić information content (AvgIpc) is 3.14. The number of hydrogen-bond donors (Lipinski definition) is 2. The van der Waals surface area contributed by atoms with E-state index in [0.29, 0.717) is 23.6 Å². The SMILES string of the molecule is CN1CCN(CCOc2ccc(NC(=O)c3coc(CN)c3)cc2)CC1. The van der Waals surface area contributed by atoms with E-state index in [1.807, 2.05) is 24.3 Å². The minimum Gasteiger partial charge on any atom is -0.492 e. The summed E-state index contributed by atoms with van der Waals surface area (Å²) < 4.78 is 11.0. The Morgan fingerprint density at radius 2 is 1.96 bits per heavy atom. The lowest BCUT2D eigenvalue weighted by atomic mass is 10.2. The number of nitrogens with one attached hydrogen (secondary N) is 1. The predicted octanol–water partition coefficient (Wildman–Crippen LogP) is 1.62. The molecule has 2 heterocycles. The fourth-order valence-corrected chi connectivity index (χ4v) is 2.81. The Bertz CT molecular complexity index is 706. The Morgan fingerprint density at radius 3 is 2.62 bits per heavy atom. The summed E-state index contributed by atoms with van der Waals surface area (Å²) in [5, 5.41) is 2.83. The summed E-state index contributed by atoms with van der Waals surface area (Å²) >= 11 is 0. The van der Waals surface area contributed by atoms with E-state index in [0.717, 1.165) is 38.5 Å². The second-order valence-electron chi connectivity index (χ2n) is 6.48. The van der Waals surface area contributed by atoms with Gasteiger partial charge in [0.1, 0.15) is 24.4 Å². The number of anilines is 1. The molecule has 1 amide bonds. The normalized spacial score (nSPS) is 15.8. The van der Waals surface area contributed by atoms with Crippen molar-refractivity contribution in [1.82, 2.24) is 9.80 Å². The molecule has 0 unspecified atom stereocenters. The third-order valence-electron chi connectivity index (χ3n) is 4.50. The molecule has 0 spiro atoms. The molecule has 1 fully saturated rings. The van der Waals surface area contributed by atoms with E-state index < -0.39 is 0 Å². The molecule has 0 saturated carbocycles. The highest BCUT2D eigenvalue weighted by Gasteiger charge is 2.13. The maximum Gasteiger partial charge on any atom is 0.258 e. The molecule has 1 saturated heterocycles. The molecule has 1 aliphatic heterocycles. The van der Waals surface area contributed by atoms with Crippen LogP contribution in [0.25, 0.3) is 0 Å². The van der Waals surface area contributed by atoms with Crippen LogP contribution < -0.4 is 15.8 Å². The van der Waals surface area contributed by atoms with Crippen molar-refractivity contribution in [2.24, 2.45) is 5.73 Å². The van der Waals surface area contributed by atoms with Gasteiger partial charge in [-0.2, -0.15) is 0 Å². The van der Waals surface area contributed by atoms with Crippen LogP contribution in [-0.4, -0.2) is 62.1 Å². The molecule has 1 aromatic heterocycles. The molecule has 26 heavy (non-hydrogen) atoms. The first-order valence-corrected chi connectivity index (χ1v) is 8.86. The summed E-state index contributed by atoms with van der Waals surface area (Å²) in [6.07, 6.45) is 1.41. The monoisotopic (exact) mass is 358 g/mol. The Morgan fingerprint density at radius 1 is 1.23 bits per heavy atom. The number of ether oxygens (including phenoxy) is 1. The molecular weight excluding hydrogens is 332 g/mol. The van der Waals surface area contributed by atoms with Crippen LogP contribution >= 0.6 is 0 Å². The van der Waals surface area contributed by atoms with Gasteiger partial charge in [0, 0.05) is 38.4 Å². The quantitative estimate of drug-likeness (QED) is 0.782. The number of likely N-dealkylation sites (N-methyl/N-ethyl adjacent to an activating group) is 1. The predicted molar refractivity (Wildman–Crippen MR) is 100 cm³/mol. The average molecular weight is 358 g/mol. The van der Waals surface area contributed by atoms with Crippen LogP contribution in [0.2, 0.25) is 0 Å². The van der Waals surface area contributed by atoms with Crippen molar-refractivity contribution in [3.8, 4) is 5.75 Å². The summed E-state index contributed by atoms with van der Waals surface area (Å²) in [6.45, 7) is 6.25. The highest BCUT2D eigenvalue weighted by Crippen LogP contribution is 2.17. The van der Waals surface area contributed by atoms with E-state index in [1.165, 1.54) is 6.26 Å². The Labute approximate surface area is 153 Å². The van der Waals surface area contributed by atoms with Gasteiger partial charge in [-0.1, -0.05) is 0 Å². The zero-order valence-corrected chi connectivity index (χ0v) is 15.1. The molecule has 0 bridgehead atoms. The minimum absolute atomic E-state index is 0.225. The lowest BCUT2D eigenvalue weighted by molar-refractivity contribution is 0.102. The first-order valence-electron chi connectivity index (χ1n) is 8.86. The first-order chi connectivity index (χ1) is 12.6. The number of benzene rings is 1. The number of nitrogens with zero attached hydrogens (tertiary/aromatic N) is 2. The van der Waals surface area contributed by atoms with Crippen LogP contribution in [0.1, 0.15) is 16.1 Å². The number of nitrogens with two attached hydrogens (primary N) is 1. The van der Waals surface area contributed by atoms with Crippen LogP contribution in [0.3, 0.4) is 0 Å². The maximum absolute atomic E-state index is 12.1. The molecular formula is C19H26N4O3. The number of furan rings is 1. The van der Waals surface area contributed by atoms with Crippen molar-refractivity contribution < 1.29 is 13.9 Å². The van der Waals surface area contributed by atoms with Gasteiger partial charge in [0.05, 0.1) is 12.1 Å². The third-order valence-corrected chi connectivity index (χ3v) is 4.50. The molecule has 140 valence electrons. The van der Waals surface area contributed by atoms with Crippen LogP contribution in [0.5, 0.6) is 5.75 Å². The van der Waals surface area contributed by atoms with Gasteiger partial charge < -0.3 is 25.1 Å². The second kappa shape index (κ2) is 8.84. The number of piperazine rings is 1. The third kappa shape index (κ3) is 5.08. The summed E-state index contributed by atoms with van der Waals surface area (Å²) in [7, 11) is 2.15. The molecule has 3 N–H and O–H groups in total. The topological polar surface area (TPSA) is 84.0 Å². The number of carbonyl (C=O) groups is 1. The van der Waals surface area contributed by atoms with Gasteiger partial charge >= 0.3 is 0 Å². The minimum atomic E-state index is -0.225. The lowest BCUT2D eigenvalue weighted by Gasteiger charge is -2.32. The fourth-order valence-electron chi connectivity index (χ4n) is 2.81. The highest BCUT2D eigenvalue weighted by atomic mass is 16.5. The largest absolute Gasteiger partial charge is 0.492 e. The first kappa shape index (κ1) is 18.4. The summed E-state index contributed by atoms with van der Waals surface area (Å²) in [4.78, 5) is 16.9. The fraction of sp³-hybridized carbons (Fsp3) is 0.421. The van der Waals surface area contributed by atoms with Crippen LogP contribution in [0.4, 0.5) is 5.69 Å². The van der Waals surface area contributed by atoms with Crippen LogP contribution in [-0.2, 0) is 6.54 Å². The van der Waals surface area contributed by atoms with Crippen molar-refractivity contribution in [3.05, 3.63) is 47.9 Å². The molecule has 3 rings (SSSR count). The maximum atomic E-state index is 12.1. The van der Waals surface area contributed by atoms with E-state index in [9.17, 15) is 4.79 Å². The van der Waals surface area contributed by atoms with Gasteiger partial charge in [-0.15, -0.1) is 0 Å². The molecule has 0 atom stereocenters. The van der Waals surface area contributed by atoms with Crippen molar-refractivity contribution in [1.29, 1.82) is 0 Å². The lowest BCUT2D eigenvalue weighted by Crippen LogP contribution is -2.45. The van der Waals surface area contributed by atoms with Crippen molar-refractivity contribution >= 4 is 11.6 Å². The Balaban J connectivity index is 1.43. The molecule has 0 radical (unpaired) electrons. The summed E-state index contributed by atoms with van der Waals surface area (Å²) in [5.74, 6) is 1.15. The standard InChI is InChI=1S/C19H26N4O3/c1-22-6-8-23(9-7-22)10-11-25-17-4-2-16(3-5-17)21-19(24)15-12-18(13-20)26-14-15/h2-5,12,14H,6-11,13,20H2,1H3,(H,21,24). The van der Waals surface area contributed by atoms with Gasteiger partial charge in [-0.25, -0.2) is 0 Å². The van der Waals surface area contributed by atoms with Crippen LogP contribution in [0.15, 0.2) is 41.0 Å². The number of hydrogen-bond acceptors (Lipinski definition) is 6. The summed E-state index contributed by atoms with van der Waals surface area (Å²) in [6, 6.07) is 9.02. The van der Waals surface area contributed by atoms with Gasteiger partial charge in [0.15, 0.2) is 0 Å². The molecule has 2 aromatic rings. The van der Waals surface area contributed by atoms with Gasteiger partial charge in [0.25, 0.3) is 5.91 Å². The smallest absolute Gasteiger partial charge is 0.258 e. The molecule has 1 aromatic carbocycles. The number of rotatable bonds is 7. The van der Waals surface area contributed by atoms with Crippen molar-refractivity contribution in [3.63, 3.8) is 0 Å². The molecule has 7 nitrogen and oxygen atoms in total. The van der Waals surface area contributed by atoms with E-state index >= 15 is 0 Å². The van der Waals surface area contributed by atoms with Gasteiger partial charge in [-0.05, 0) is 37.4 Å². The number of carbonyl (C=O) groups excluding carboxylic acids is 1. The molecule has 7 heteroatoms. The Kier molecular flexibility index (Phi) is 6.27. The van der Waals surface area contributed by atoms with E-state index in [2.05, 4.69) is 22.2 Å². The second-order valence-corrected chi connectivity index (χ2v) is 6.48. The van der Waals surface area contributed by atoms with Crippen LogP contribution in [0, 0.1) is 0 Å². The van der Waals surface area contributed by atoms with Crippen molar-refractivity contribution in [2.75, 3.05) is 51.7 Å². The van der Waals surface area contributed by atoms with E-state index in [1.54, 1.807) is 6.07 Å². The van der Waals surface area contributed by atoms with E-state index in [4.69, 9.17) is 14.9 Å². The van der Waals surface area contributed by atoms with E-state index in [-0.39, 0.29) is 12.5 Å². The molecule has 0 aliphatic carbocycles. The van der Waals surface area contributed by atoms with Crippen molar-refractivity contribution in [2.45, 2.75) is 6.54 Å². The van der Waals surface area contributed by atoms with Gasteiger partial charge in [-0.3, -0.25) is 9.69 Å². The van der Waals surface area contributed by atoms with Gasteiger partial charge in [0.2, 0.25) is 0 Å². The Hall–Kier alpha value is -2.35. The number of amides is 1. The zero-order chi connectivity index (χ0) is 18.4. The summed E-state index contributed by atoms with van der Waals surface area (Å²) in [5.41, 5.74) is 6.64.